The number of ketones is 1. The highest BCUT2D eigenvalue weighted by Gasteiger charge is 2.47. The number of rotatable bonds is 8. The molecule has 1 amide bonds. The zero-order valence-electron chi connectivity index (χ0n) is 21.6. The summed E-state index contributed by atoms with van der Waals surface area (Å²) in [5.41, 5.74) is 2.31. The number of carbonyl (C=O) groups excluding carboxylic acids is 2. The molecule has 1 unspecified atom stereocenters. The minimum absolute atomic E-state index is 0.0236. The Bertz CT molecular complexity index is 1340. The molecule has 1 aliphatic heterocycles. The Hall–Kier alpha value is -4.26. The minimum atomic E-state index is -0.890. The molecular weight excluding hydrogens is 470 g/mol. The Balaban J connectivity index is 1.94. The molecule has 0 bridgehead atoms. The molecule has 7 heteroatoms. The molecule has 0 aromatic heterocycles. The number of hydrogen-bond donors (Lipinski definition) is 1. The lowest BCUT2D eigenvalue weighted by molar-refractivity contribution is -0.132. The van der Waals surface area contributed by atoms with E-state index in [9.17, 15) is 14.7 Å². The Labute approximate surface area is 216 Å². The van der Waals surface area contributed by atoms with Crippen molar-refractivity contribution in [1.82, 2.24) is 0 Å². The van der Waals surface area contributed by atoms with E-state index in [-0.39, 0.29) is 17.4 Å². The summed E-state index contributed by atoms with van der Waals surface area (Å²) < 4.78 is 16.9. The number of methoxy groups -OCH3 is 1. The highest BCUT2D eigenvalue weighted by molar-refractivity contribution is 6.51. The van der Waals surface area contributed by atoms with Gasteiger partial charge in [-0.2, -0.15) is 0 Å². The summed E-state index contributed by atoms with van der Waals surface area (Å²) in [5.74, 6) is -0.180. The largest absolute Gasteiger partial charge is 0.507 e. The summed E-state index contributed by atoms with van der Waals surface area (Å²) in [5, 5.41) is 11.5. The van der Waals surface area contributed by atoms with E-state index in [1.54, 1.807) is 48.5 Å². The number of benzene rings is 3. The van der Waals surface area contributed by atoms with Gasteiger partial charge in [-0.15, -0.1) is 0 Å². The first-order valence-electron chi connectivity index (χ1n) is 12.2. The van der Waals surface area contributed by atoms with E-state index >= 15 is 0 Å². The fourth-order valence-electron chi connectivity index (χ4n) is 4.47. The van der Waals surface area contributed by atoms with Crippen molar-refractivity contribution in [3.8, 4) is 17.2 Å². The van der Waals surface area contributed by atoms with Crippen LogP contribution in [0.1, 0.15) is 43.5 Å². The molecular formula is C30H31NO6. The van der Waals surface area contributed by atoms with Crippen molar-refractivity contribution >= 4 is 23.1 Å². The van der Waals surface area contributed by atoms with Gasteiger partial charge in [-0.25, -0.2) is 0 Å². The monoisotopic (exact) mass is 501 g/mol. The molecule has 1 saturated heterocycles. The quantitative estimate of drug-likeness (QED) is 0.238. The van der Waals surface area contributed by atoms with Crippen LogP contribution in [-0.4, -0.2) is 36.6 Å². The lowest BCUT2D eigenvalue weighted by Gasteiger charge is -2.26. The average molecular weight is 502 g/mol. The summed E-state index contributed by atoms with van der Waals surface area (Å²) in [6, 6.07) is 18.6. The zero-order chi connectivity index (χ0) is 26.7. The molecule has 3 aromatic carbocycles. The van der Waals surface area contributed by atoms with Crippen LogP contribution >= 0.6 is 0 Å². The van der Waals surface area contributed by atoms with Gasteiger partial charge < -0.3 is 19.3 Å². The van der Waals surface area contributed by atoms with Gasteiger partial charge in [-0.3, -0.25) is 14.5 Å². The maximum Gasteiger partial charge on any atom is 0.300 e. The van der Waals surface area contributed by atoms with Crippen molar-refractivity contribution in [3.05, 3.63) is 89.0 Å². The molecule has 1 atom stereocenters. The third-order valence-electron chi connectivity index (χ3n) is 6.03. The highest BCUT2D eigenvalue weighted by Crippen LogP contribution is 2.44. The number of nitrogens with zero attached hydrogens (tertiary/aromatic N) is 1. The van der Waals surface area contributed by atoms with Crippen molar-refractivity contribution in [2.75, 3.05) is 18.6 Å². The molecule has 1 N–H and O–H groups in total. The topological polar surface area (TPSA) is 85.3 Å². The first kappa shape index (κ1) is 25.8. The third-order valence-corrected chi connectivity index (χ3v) is 6.03. The molecule has 0 aliphatic carbocycles. The number of aliphatic hydroxyl groups is 1. The van der Waals surface area contributed by atoms with E-state index in [4.69, 9.17) is 14.2 Å². The van der Waals surface area contributed by atoms with Crippen LogP contribution in [0, 0.1) is 6.92 Å². The van der Waals surface area contributed by atoms with Gasteiger partial charge in [0.25, 0.3) is 11.7 Å². The summed E-state index contributed by atoms with van der Waals surface area (Å²) >= 11 is 0. The van der Waals surface area contributed by atoms with Crippen LogP contribution in [0.5, 0.6) is 17.2 Å². The van der Waals surface area contributed by atoms with Crippen molar-refractivity contribution in [2.45, 2.75) is 39.8 Å². The predicted octanol–water partition coefficient (Wildman–Crippen LogP) is 5.82. The molecule has 4 rings (SSSR count). The van der Waals surface area contributed by atoms with Crippen molar-refractivity contribution in [2.24, 2.45) is 0 Å². The van der Waals surface area contributed by atoms with Crippen molar-refractivity contribution < 1.29 is 28.9 Å². The molecule has 7 nitrogen and oxygen atoms in total. The zero-order valence-corrected chi connectivity index (χ0v) is 21.6. The van der Waals surface area contributed by atoms with E-state index in [0.29, 0.717) is 40.7 Å². The Morgan fingerprint density at radius 2 is 1.73 bits per heavy atom. The lowest BCUT2D eigenvalue weighted by Crippen LogP contribution is -2.29. The Morgan fingerprint density at radius 3 is 2.38 bits per heavy atom. The second kappa shape index (κ2) is 10.8. The van der Waals surface area contributed by atoms with Gasteiger partial charge in [0.05, 0.1) is 37.0 Å². The van der Waals surface area contributed by atoms with Gasteiger partial charge in [0.2, 0.25) is 0 Å². The van der Waals surface area contributed by atoms with Crippen LogP contribution in [-0.2, 0) is 9.59 Å². The van der Waals surface area contributed by atoms with Gasteiger partial charge in [0.1, 0.15) is 23.0 Å². The second-order valence-electron chi connectivity index (χ2n) is 9.04. The van der Waals surface area contributed by atoms with Gasteiger partial charge in [0.15, 0.2) is 0 Å². The van der Waals surface area contributed by atoms with E-state index in [2.05, 4.69) is 0 Å². The summed E-state index contributed by atoms with van der Waals surface area (Å²) in [4.78, 5) is 28.4. The first-order chi connectivity index (χ1) is 17.7. The van der Waals surface area contributed by atoms with Crippen LogP contribution < -0.4 is 19.1 Å². The van der Waals surface area contributed by atoms with Crippen LogP contribution in [0.15, 0.2) is 72.3 Å². The lowest BCUT2D eigenvalue weighted by atomic mass is 9.94. The van der Waals surface area contributed by atoms with E-state index in [1.165, 1.54) is 12.0 Å². The molecule has 0 radical (unpaired) electrons. The van der Waals surface area contributed by atoms with E-state index in [1.807, 2.05) is 45.9 Å². The molecule has 1 fully saturated rings. The SMILES string of the molecule is CCOc1ccc(N2C(=O)C(=O)/C(=C(/O)c3cc(C)ccc3OC)C2c2cccc(OC(C)C)c2)cc1. The van der Waals surface area contributed by atoms with Crippen molar-refractivity contribution in [1.29, 1.82) is 0 Å². The molecule has 0 saturated carbocycles. The van der Waals surface area contributed by atoms with Gasteiger partial charge in [-0.1, -0.05) is 23.8 Å². The number of carbonyl (C=O) groups is 2. The fourth-order valence-corrected chi connectivity index (χ4v) is 4.47. The number of anilines is 1. The third kappa shape index (κ3) is 5.16. The molecule has 0 spiro atoms. The molecule has 192 valence electrons. The van der Waals surface area contributed by atoms with E-state index in [0.717, 1.165) is 5.56 Å². The summed E-state index contributed by atoms with van der Waals surface area (Å²) in [7, 11) is 1.49. The van der Waals surface area contributed by atoms with Crippen LogP contribution in [0.25, 0.3) is 5.76 Å². The van der Waals surface area contributed by atoms with Crippen molar-refractivity contribution in [3.63, 3.8) is 0 Å². The number of hydrogen-bond acceptors (Lipinski definition) is 6. The van der Waals surface area contributed by atoms with Crippen LogP contribution in [0.4, 0.5) is 5.69 Å². The number of Topliss-reactive ketones (excluding diaryl/α,β-unsaturated/α-hetero) is 1. The maximum atomic E-state index is 13.5. The maximum absolute atomic E-state index is 13.5. The Kier molecular flexibility index (Phi) is 7.53. The molecule has 1 aliphatic rings. The number of amides is 1. The fraction of sp³-hybridized carbons (Fsp3) is 0.267. The smallest absolute Gasteiger partial charge is 0.300 e. The van der Waals surface area contributed by atoms with Gasteiger partial charge >= 0.3 is 0 Å². The van der Waals surface area contributed by atoms with Gasteiger partial charge in [0, 0.05) is 5.69 Å². The molecule has 1 heterocycles. The Morgan fingerprint density at radius 1 is 1.00 bits per heavy atom. The summed E-state index contributed by atoms with van der Waals surface area (Å²) in [6.07, 6.45) is -0.0655. The highest BCUT2D eigenvalue weighted by atomic mass is 16.5. The average Bonchev–Trinajstić information content (AvgIpc) is 3.14. The molecule has 3 aromatic rings. The summed E-state index contributed by atoms with van der Waals surface area (Å²) in [6.45, 7) is 8.10. The number of aryl methyl sites for hydroxylation is 1. The van der Waals surface area contributed by atoms with E-state index < -0.39 is 17.7 Å². The minimum Gasteiger partial charge on any atom is -0.507 e. The molecule has 37 heavy (non-hydrogen) atoms. The number of aliphatic hydroxyl groups excluding tert-OH is 1. The van der Waals surface area contributed by atoms with Crippen LogP contribution in [0.2, 0.25) is 0 Å². The normalized spacial score (nSPS) is 16.8. The van der Waals surface area contributed by atoms with Crippen LogP contribution in [0.3, 0.4) is 0 Å². The standard InChI is InChI=1S/C30H31NO6/c1-6-36-22-13-11-21(12-14-22)31-27(20-8-7-9-23(17-20)37-18(2)3)26(29(33)30(31)34)28(32)24-16-19(4)10-15-25(24)35-5/h7-18,27,32H,6H2,1-5H3/b28-26+. The number of ether oxygens (including phenoxy) is 3. The van der Waals surface area contributed by atoms with Gasteiger partial charge in [-0.05, 0) is 81.8 Å². The predicted molar refractivity (Wildman–Crippen MR) is 142 cm³/mol. The second-order valence-corrected chi connectivity index (χ2v) is 9.04. The first-order valence-corrected chi connectivity index (χ1v) is 12.2.